The van der Waals surface area contributed by atoms with Crippen molar-refractivity contribution in [3.63, 3.8) is 0 Å². The number of ether oxygens (including phenoxy) is 1. The van der Waals surface area contributed by atoms with Crippen LogP contribution in [-0.4, -0.2) is 36.0 Å². The van der Waals surface area contributed by atoms with E-state index in [9.17, 15) is 4.79 Å². The summed E-state index contributed by atoms with van der Waals surface area (Å²) in [6.07, 6.45) is 0.758. The van der Waals surface area contributed by atoms with Gasteiger partial charge in [-0.1, -0.05) is 18.2 Å². The normalized spacial score (nSPS) is 24.8. The molecule has 0 saturated carbocycles. The van der Waals surface area contributed by atoms with Crippen molar-refractivity contribution in [2.45, 2.75) is 24.8 Å². The molecule has 18 heavy (non-hydrogen) atoms. The molecule has 1 unspecified atom stereocenters. The average molecular weight is 246 g/mol. The predicted octanol–water partition coefficient (Wildman–Crippen LogP) is 1.11. The van der Waals surface area contributed by atoms with Crippen molar-refractivity contribution in [2.24, 2.45) is 5.73 Å². The summed E-state index contributed by atoms with van der Waals surface area (Å²) in [6.45, 7) is 3.91. The molecule has 0 spiro atoms. The smallest absolute Gasteiger partial charge is 0.230 e. The Balaban J connectivity index is 1.80. The lowest BCUT2D eigenvalue weighted by Gasteiger charge is -2.47. The van der Waals surface area contributed by atoms with Gasteiger partial charge in [-0.15, -0.1) is 0 Å². The van der Waals surface area contributed by atoms with Gasteiger partial charge >= 0.3 is 0 Å². The molecule has 0 bridgehead atoms. The van der Waals surface area contributed by atoms with Gasteiger partial charge in [0.1, 0.15) is 5.75 Å². The SMILES string of the molecule is CC1(N)CN(C(=O)C2CCOc3ccccc32)C1. The van der Waals surface area contributed by atoms with Gasteiger partial charge in [-0.2, -0.15) is 0 Å². The first-order valence-electron chi connectivity index (χ1n) is 6.36. The maximum absolute atomic E-state index is 12.4. The second-order valence-electron chi connectivity index (χ2n) is 5.58. The Morgan fingerprint density at radius 1 is 1.44 bits per heavy atom. The van der Waals surface area contributed by atoms with Crippen LogP contribution in [0, 0.1) is 0 Å². The van der Waals surface area contributed by atoms with E-state index >= 15 is 0 Å². The van der Waals surface area contributed by atoms with Gasteiger partial charge in [-0.3, -0.25) is 4.79 Å². The van der Waals surface area contributed by atoms with Crippen molar-refractivity contribution in [2.75, 3.05) is 19.7 Å². The van der Waals surface area contributed by atoms with Crippen LogP contribution in [0.25, 0.3) is 0 Å². The lowest BCUT2D eigenvalue weighted by atomic mass is 9.87. The average Bonchev–Trinajstić information content (AvgIpc) is 2.34. The Morgan fingerprint density at radius 2 is 2.17 bits per heavy atom. The van der Waals surface area contributed by atoms with Crippen LogP contribution in [0.1, 0.15) is 24.8 Å². The van der Waals surface area contributed by atoms with Gasteiger partial charge in [0.15, 0.2) is 0 Å². The van der Waals surface area contributed by atoms with E-state index in [0.29, 0.717) is 19.7 Å². The van der Waals surface area contributed by atoms with Crippen LogP contribution in [0.4, 0.5) is 0 Å². The molecule has 0 radical (unpaired) electrons. The molecule has 2 heterocycles. The largest absolute Gasteiger partial charge is 0.493 e. The lowest BCUT2D eigenvalue weighted by molar-refractivity contribution is -0.140. The number of amides is 1. The van der Waals surface area contributed by atoms with Crippen LogP contribution in [-0.2, 0) is 4.79 Å². The van der Waals surface area contributed by atoms with Crippen LogP contribution >= 0.6 is 0 Å². The number of hydrogen-bond donors (Lipinski definition) is 1. The quantitative estimate of drug-likeness (QED) is 0.807. The lowest BCUT2D eigenvalue weighted by Crippen LogP contribution is -2.67. The Labute approximate surface area is 107 Å². The van der Waals surface area contributed by atoms with Crippen LogP contribution in [0.2, 0.25) is 0 Å². The van der Waals surface area contributed by atoms with Crippen molar-refractivity contribution in [3.05, 3.63) is 29.8 Å². The second-order valence-corrected chi connectivity index (χ2v) is 5.58. The number of likely N-dealkylation sites (tertiary alicyclic amines) is 1. The fraction of sp³-hybridized carbons (Fsp3) is 0.500. The van der Waals surface area contributed by atoms with Crippen molar-refractivity contribution in [3.8, 4) is 5.75 Å². The first-order chi connectivity index (χ1) is 8.57. The Kier molecular flexibility index (Phi) is 2.55. The minimum absolute atomic E-state index is 0.0638. The van der Waals surface area contributed by atoms with E-state index in [1.54, 1.807) is 0 Å². The topological polar surface area (TPSA) is 55.6 Å². The van der Waals surface area contributed by atoms with E-state index in [-0.39, 0.29) is 17.4 Å². The predicted molar refractivity (Wildman–Crippen MR) is 68.5 cm³/mol. The highest BCUT2D eigenvalue weighted by Gasteiger charge is 2.41. The van der Waals surface area contributed by atoms with Gasteiger partial charge < -0.3 is 15.4 Å². The monoisotopic (exact) mass is 246 g/mol. The molecule has 2 aliphatic rings. The fourth-order valence-electron chi connectivity index (χ4n) is 2.80. The molecule has 2 N–H and O–H groups in total. The van der Waals surface area contributed by atoms with Crippen LogP contribution < -0.4 is 10.5 Å². The van der Waals surface area contributed by atoms with E-state index in [4.69, 9.17) is 10.5 Å². The summed E-state index contributed by atoms with van der Waals surface area (Å²) < 4.78 is 5.58. The highest BCUT2D eigenvalue weighted by molar-refractivity contribution is 5.85. The van der Waals surface area contributed by atoms with Gasteiger partial charge in [0.05, 0.1) is 12.5 Å². The molecular formula is C14H18N2O2. The van der Waals surface area contributed by atoms with E-state index in [2.05, 4.69) is 0 Å². The van der Waals surface area contributed by atoms with Crippen LogP contribution in [0.3, 0.4) is 0 Å². The first kappa shape index (κ1) is 11.5. The van der Waals surface area contributed by atoms with E-state index < -0.39 is 0 Å². The molecular weight excluding hydrogens is 228 g/mol. The second kappa shape index (κ2) is 3.99. The molecule has 2 aliphatic heterocycles. The number of para-hydroxylation sites is 1. The van der Waals surface area contributed by atoms with Crippen molar-refractivity contribution < 1.29 is 9.53 Å². The van der Waals surface area contributed by atoms with Gasteiger partial charge in [-0.25, -0.2) is 0 Å². The molecule has 4 nitrogen and oxygen atoms in total. The molecule has 1 fully saturated rings. The maximum atomic E-state index is 12.4. The summed E-state index contributed by atoms with van der Waals surface area (Å²) in [4.78, 5) is 14.3. The molecule has 1 amide bonds. The molecule has 96 valence electrons. The Bertz CT molecular complexity index is 476. The third-order valence-electron chi connectivity index (χ3n) is 3.67. The van der Waals surface area contributed by atoms with Crippen molar-refractivity contribution in [1.29, 1.82) is 0 Å². The van der Waals surface area contributed by atoms with E-state index in [1.807, 2.05) is 36.1 Å². The maximum Gasteiger partial charge on any atom is 0.230 e. The summed E-state index contributed by atoms with van der Waals surface area (Å²) >= 11 is 0. The van der Waals surface area contributed by atoms with Gasteiger partial charge in [0, 0.05) is 24.2 Å². The van der Waals surface area contributed by atoms with Gasteiger partial charge in [0.25, 0.3) is 0 Å². The number of hydrogen-bond acceptors (Lipinski definition) is 3. The summed E-state index contributed by atoms with van der Waals surface area (Å²) in [6, 6.07) is 7.81. The molecule has 1 saturated heterocycles. The van der Waals surface area contributed by atoms with Gasteiger partial charge in [-0.05, 0) is 19.4 Å². The molecule has 4 heteroatoms. The number of carbonyl (C=O) groups excluding carboxylic acids is 1. The molecule has 1 aromatic carbocycles. The third kappa shape index (κ3) is 1.86. The Morgan fingerprint density at radius 3 is 2.89 bits per heavy atom. The van der Waals surface area contributed by atoms with Crippen molar-refractivity contribution >= 4 is 5.91 Å². The van der Waals surface area contributed by atoms with Crippen LogP contribution in [0.5, 0.6) is 5.75 Å². The molecule has 0 aliphatic carbocycles. The number of benzene rings is 1. The minimum Gasteiger partial charge on any atom is -0.493 e. The highest BCUT2D eigenvalue weighted by Crippen LogP contribution is 2.36. The van der Waals surface area contributed by atoms with E-state index in [0.717, 1.165) is 17.7 Å². The molecule has 3 rings (SSSR count). The fourth-order valence-corrected chi connectivity index (χ4v) is 2.80. The summed E-state index contributed by atoms with van der Waals surface area (Å²) in [5.74, 6) is 0.970. The minimum atomic E-state index is -0.208. The Hall–Kier alpha value is -1.55. The number of carbonyl (C=O) groups is 1. The zero-order valence-corrected chi connectivity index (χ0v) is 10.6. The number of nitrogens with two attached hydrogens (primary N) is 1. The number of nitrogens with zero attached hydrogens (tertiary/aromatic N) is 1. The first-order valence-corrected chi connectivity index (χ1v) is 6.36. The molecule has 1 aromatic rings. The van der Waals surface area contributed by atoms with Crippen molar-refractivity contribution in [1.82, 2.24) is 4.90 Å². The molecule has 1 atom stereocenters. The third-order valence-corrected chi connectivity index (χ3v) is 3.67. The summed E-state index contributed by atoms with van der Waals surface area (Å²) in [5.41, 5.74) is 6.76. The number of rotatable bonds is 1. The zero-order valence-electron chi connectivity index (χ0n) is 10.6. The van der Waals surface area contributed by atoms with E-state index in [1.165, 1.54) is 0 Å². The number of fused-ring (bicyclic) bond motifs is 1. The standard InChI is InChI=1S/C14H18N2O2/c1-14(15)8-16(9-14)13(17)11-6-7-18-12-5-3-2-4-10(11)12/h2-5,11H,6-9,15H2,1H3. The summed E-state index contributed by atoms with van der Waals surface area (Å²) in [5, 5.41) is 0. The molecule has 0 aromatic heterocycles. The zero-order chi connectivity index (χ0) is 12.8. The summed E-state index contributed by atoms with van der Waals surface area (Å²) in [7, 11) is 0. The van der Waals surface area contributed by atoms with Gasteiger partial charge in [0.2, 0.25) is 5.91 Å². The highest BCUT2D eigenvalue weighted by atomic mass is 16.5. The van der Waals surface area contributed by atoms with Crippen LogP contribution in [0.15, 0.2) is 24.3 Å².